The quantitative estimate of drug-likeness (QED) is 0.621. The van der Waals surface area contributed by atoms with E-state index in [1.165, 1.54) is 22.5 Å². The Bertz CT molecular complexity index is 1110. The van der Waals surface area contributed by atoms with Crippen molar-refractivity contribution in [3.8, 4) is 0 Å². The molecule has 3 atom stereocenters. The van der Waals surface area contributed by atoms with Crippen LogP contribution in [0.5, 0.6) is 0 Å². The average Bonchev–Trinajstić information content (AvgIpc) is 3.64. The number of hydrogen-bond donors (Lipinski definition) is 1. The van der Waals surface area contributed by atoms with Crippen LogP contribution in [0.1, 0.15) is 50.4 Å². The number of nitrogens with two attached hydrogens (primary N) is 1. The Morgan fingerprint density at radius 1 is 0.879 bits per heavy atom. The summed E-state index contributed by atoms with van der Waals surface area (Å²) in [5, 5.41) is 0. The van der Waals surface area contributed by atoms with Crippen molar-refractivity contribution in [2.24, 2.45) is 5.73 Å². The molecule has 5 nitrogen and oxygen atoms in total. The fourth-order valence-electron chi connectivity index (χ4n) is 5.17. The second kappa shape index (κ2) is 9.49. The normalized spacial score (nSPS) is 22.6. The highest BCUT2D eigenvalue weighted by atomic mass is 32.1. The van der Waals surface area contributed by atoms with Crippen LogP contribution in [0.3, 0.4) is 0 Å². The molecule has 0 unspecified atom stereocenters. The molecule has 1 aromatic heterocycles. The van der Waals surface area contributed by atoms with Crippen molar-refractivity contribution in [1.82, 2.24) is 9.80 Å². The highest BCUT2D eigenvalue weighted by molar-refractivity contribution is 7.14. The summed E-state index contributed by atoms with van der Waals surface area (Å²) in [4.78, 5) is 32.6. The Morgan fingerprint density at radius 3 is 2.18 bits per heavy atom. The van der Waals surface area contributed by atoms with Crippen LogP contribution in [0, 0.1) is 0 Å². The van der Waals surface area contributed by atoms with Gasteiger partial charge in [0, 0.05) is 42.9 Å². The molecule has 0 aliphatic carbocycles. The number of likely N-dealkylation sites (tertiary alicyclic amines) is 2. The van der Waals surface area contributed by atoms with Crippen molar-refractivity contribution in [3.05, 3.63) is 93.7 Å². The summed E-state index contributed by atoms with van der Waals surface area (Å²) in [5.74, 6) is 0.534. The zero-order valence-corrected chi connectivity index (χ0v) is 19.4. The minimum absolute atomic E-state index is 0.0599. The minimum atomic E-state index is -0.430. The molecule has 6 heteroatoms. The maximum atomic E-state index is 13.7. The van der Waals surface area contributed by atoms with Gasteiger partial charge in [0.15, 0.2) is 0 Å². The van der Waals surface area contributed by atoms with Crippen LogP contribution in [0.15, 0.2) is 72.8 Å². The van der Waals surface area contributed by atoms with Gasteiger partial charge in [0.05, 0.1) is 4.88 Å². The number of amides is 2. The maximum Gasteiger partial charge on any atom is 0.264 e. The Morgan fingerprint density at radius 2 is 1.55 bits per heavy atom. The van der Waals surface area contributed by atoms with E-state index in [1.54, 1.807) is 0 Å². The van der Waals surface area contributed by atoms with Crippen LogP contribution in [0.2, 0.25) is 0 Å². The van der Waals surface area contributed by atoms with Crippen molar-refractivity contribution in [1.29, 1.82) is 0 Å². The van der Waals surface area contributed by atoms with Crippen molar-refractivity contribution in [2.75, 3.05) is 19.6 Å². The largest absolute Gasteiger partial charge is 0.340 e. The van der Waals surface area contributed by atoms with Gasteiger partial charge in [-0.2, -0.15) is 0 Å². The van der Waals surface area contributed by atoms with Gasteiger partial charge >= 0.3 is 0 Å². The van der Waals surface area contributed by atoms with Gasteiger partial charge in [0.2, 0.25) is 5.91 Å². The number of benzene rings is 2. The molecule has 0 saturated carbocycles. The predicted octanol–water partition coefficient (Wildman–Crippen LogP) is 4.22. The predicted molar refractivity (Wildman–Crippen MR) is 131 cm³/mol. The van der Waals surface area contributed by atoms with Gasteiger partial charge in [-0.3, -0.25) is 9.59 Å². The fraction of sp³-hybridized carbons (Fsp3) is 0.333. The summed E-state index contributed by atoms with van der Waals surface area (Å²) < 4.78 is 0. The van der Waals surface area contributed by atoms with E-state index in [4.69, 9.17) is 5.73 Å². The van der Waals surface area contributed by atoms with Crippen LogP contribution in [0.4, 0.5) is 0 Å². The van der Waals surface area contributed by atoms with Gasteiger partial charge in [-0.1, -0.05) is 60.7 Å². The molecule has 170 valence electrons. The highest BCUT2D eigenvalue weighted by Gasteiger charge is 2.43. The van der Waals surface area contributed by atoms with Crippen LogP contribution in [-0.2, 0) is 11.3 Å². The third-order valence-corrected chi connectivity index (χ3v) is 8.06. The Balaban J connectivity index is 1.37. The summed E-state index contributed by atoms with van der Waals surface area (Å²) in [6, 6.07) is 24.0. The zero-order chi connectivity index (χ0) is 22.8. The van der Waals surface area contributed by atoms with Crippen molar-refractivity contribution in [3.63, 3.8) is 0 Å². The summed E-state index contributed by atoms with van der Waals surface area (Å²) in [7, 11) is 0. The topological polar surface area (TPSA) is 66.6 Å². The molecule has 0 radical (unpaired) electrons. The third kappa shape index (κ3) is 4.45. The SMILES string of the molecule is NCc1ccc(C(=O)N2C[C@@H](c3ccccc3)C[C@H]2C(=O)N2CC[C@H](c3ccccc3)C2)s1. The molecular formula is C27H29N3O2S. The highest BCUT2D eigenvalue weighted by Crippen LogP contribution is 2.36. The van der Waals surface area contributed by atoms with E-state index >= 15 is 0 Å². The lowest BCUT2D eigenvalue weighted by Crippen LogP contribution is -2.47. The number of nitrogens with zero attached hydrogens (tertiary/aromatic N) is 2. The Kier molecular flexibility index (Phi) is 6.29. The third-order valence-electron chi connectivity index (χ3n) is 6.96. The standard InChI is InChI=1S/C27H29N3O2S/c28-16-23-11-12-25(33-23)27(32)30-18-22(20-9-5-2-6-10-20)15-24(30)26(31)29-14-13-21(17-29)19-7-3-1-4-8-19/h1-12,21-22,24H,13-18,28H2/t21-,22-,24-/m0/s1. The summed E-state index contributed by atoms with van der Waals surface area (Å²) in [6.45, 7) is 2.43. The second-order valence-electron chi connectivity index (χ2n) is 8.97. The smallest absolute Gasteiger partial charge is 0.264 e. The molecule has 2 N–H and O–H groups in total. The first-order valence-electron chi connectivity index (χ1n) is 11.6. The molecular weight excluding hydrogens is 430 g/mol. The van der Waals surface area contributed by atoms with E-state index in [0.717, 1.165) is 17.8 Å². The van der Waals surface area contributed by atoms with Gasteiger partial charge in [-0.15, -0.1) is 11.3 Å². The molecule has 33 heavy (non-hydrogen) atoms. The molecule has 5 rings (SSSR count). The van der Waals surface area contributed by atoms with Crippen LogP contribution in [-0.4, -0.2) is 47.3 Å². The summed E-state index contributed by atoms with van der Waals surface area (Å²) in [6.07, 6.45) is 1.62. The van der Waals surface area contributed by atoms with Crippen molar-refractivity contribution in [2.45, 2.75) is 37.3 Å². The monoisotopic (exact) mass is 459 g/mol. The number of thiophene rings is 1. The molecule has 2 amide bonds. The summed E-state index contributed by atoms with van der Waals surface area (Å²) in [5.41, 5.74) is 8.22. The molecule has 0 spiro atoms. The lowest BCUT2D eigenvalue weighted by Gasteiger charge is -2.27. The number of carbonyl (C=O) groups is 2. The first kappa shape index (κ1) is 21.9. The number of hydrogen-bond acceptors (Lipinski definition) is 4. The lowest BCUT2D eigenvalue weighted by atomic mass is 9.96. The molecule has 2 aliphatic rings. The molecule has 0 bridgehead atoms. The van der Waals surface area contributed by atoms with E-state index < -0.39 is 6.04 Å². The Hall–Kier alpha value is -2.96. The molecule has 3 heterocycles. The molecule has 2 aromatic carbocycles. The van der Waals surface area contributed by atoms with Crippen LogP contribution >= 0.6 is 11.3 Å². The lowest BCUT2D eigenvalue weighted by molar-refractivity contribution is -0.134. The van der Waals surface area contributed by atoms with E-state index in [-0.39, 0.29) is 17.7 Å². The van der Waals surface area contributed by atoms with Gasteiger partial charge < -0.3 is 15.5 Å². The van der Waals surface area contributed by atoms with Crippen molar-refractivity contribution < 1.29 is 9.59 Å². The van der Waals surface area contributed by atoms with E-state index in [2.05, 4.69) is 36.4 Å². The molecule has 3 aromatic rings. The van der Waals surface area contributed by atoms with E-state index in [0.29, 0.717) is 36.9 Å². The van der Waals surface area contributed by atoms with Gasteiger partial charge in [0.25, 0.3) is 5.91 Å². The van der Waals surface area contributed by atoms with E-state index in [1.807, 2.05) is 46.2 Å². The molecule has 2 saturated heterocycles. The Labute approximate surface area is 198 Å². The first-order chi connectivity index (χ1) is 16.1. The van der Waals surface area contributed by atoms with Crippen LogP contribution in [0.25, 0.3) is 0 Å². The van der Waals surface area contributed by atoms with Gasteiger partial charge in [-0.25, -0.2) is 0 Å². The average molecular weight is 460 g/mol. The fourth-order valence-corrected chi connectivity index (χ4v) is 6.02. The minimum Gasteiger partial charge on any atom is -0.340 e. The molecule has 2 aliphatic heterocycles. The number of carbonyl (C=O) groups excluding carboxylic acids is 2. The van der Waals surface area contributed by atoms with Crippen molar-refractivity contribution >= 4 is 23.2 Å². The number of rotatable bonds is 5. The zero-order valence-electron chi connectivity index (χ0n) is 18.6. The van der Waals surface area contributed by atoms with Gasteiger partial charge in [-0.05, 0) is 36.1 Å². The summed E-state index contributed by atoms with van der Waals surface area (Å²) >= 11 is 1.43. The molecule has 2 fully saturated rings. The van der Waals surface area contributed by atoms with Gasteiger partial charge in [0.1, 0.15) is 6.04 Å². The maximum absolute atomic E-state index is 13.7. The second-order valence-corrected chi connectivity index (χ2v) is 10.1. The van der Waals surface area contributed by atoms with Crippen LogP contribution < -0.4 is 5.73 Å². The first-order valence-corrected chi connectivity index (χ1v) is 12.4. The van der Waals surface area contributed by atoms with E-state index in [9.17, 15) is 9.59 Å².